The van der Waals surface area contributed by atoms with Gasteiger partial charge in [-0.2, -0.15) is 0 Å². The van der Waals surface area contributed by atoms with E-state index in [1.54, 1.807) is 0 Å². The Bertz CT molecular complexity index is 549. The van der Waals surface area contributed by atoms with Crippen LogP contribution in [0.15, 0.2) is 23.1 Å². The van der Waals surface area contributed by atoms with E-state index in [0.717, 1.165) is 25.0 Å². The first-order chi connectivity index (χ1) is 9.37. The molecule has 1 aliphatic carbocycles. The van der Waals surface area contributed by atoms with E-state index in [1.807, 2.05) is 0 Å². The number of hydrogen-bond donors (Lipinski definition) is 3. The summed E-state index contributed by atoms with van der Waals surface area (Å²) in [6.45, 7) is 0.297. The van der Waals surface area contributed by atoms with Crippen molar-refractivity contribution in [2.45, 2.75) is 36.7 Å². The first-order valence-electron chi connectivity index (χ1n) is 6.60. The van der Waals surface area contributed by atoms with Crippen molar-refractivity contribution in [3.63, 3.8) is 0 Å². The number of aliphatic hydroxyl groups is 1. The summed E-state index contributed by atoms with van der Waals surface area (Å²) in [6.07, 6.45) is 2.69. The molecule has 0 spiro atoms. The predicted octanol–water partition coefficient (Wildman–Crippen LogP) is 1.24. The smallest absolute Gasteiger partial charge is 0.240 e. The van der Waals surface area contributed by atoms with E-state index in [1.165, 1.54) is 6.07 Å². The molecule has 4 N–H and O–H groups in total. The molecular weight excluding hydrogens is 283 g/mol. The summed E-state index contributed by atoms with van der Waals surface area (Å²) < 4.78 is 39.8. The molecule has 0 saturated heterocycles. The minimum absolute atomic E-state index is 0.0752. The monoisotopic (exact) mass is 302 g/mol. The van der Waals surface area contributed by atoms with Crippen molar-refractivity contribution in [3.05, 3.63) is 24.0 Å². The lowest BCUT2D eigenvalue weighted by Crippen LogP contribution is -2.32. The Kier molecular flexibility index (Phi) is 4.62. The molecule has 0 aliphatic heterocycles. The van der Waals surface area contributed by atoms with Crippen molar-refractivity contribution in [3.8, 4) is 0 Å². The van der Waals surface area contributed by atoms with Gasteiger partial charge in [-0.05, 0) is 49.8 Å². The topological polar surface area (TPSA) is 92.4 Å². The number of aliphatic hydroxyl groups excluding tert-OH is 1. The molecule has 0 atom stereocenters. The molecule has 0 unspecified atom stereocenters. The number of halogens is 1. The SMILES string of the molecule is Nc1cc(F)cc(S(=O)(=O)NCC2CCC(O)CC2)c1. The minimum Gasteiger partial charge on any atom is -0.399 e. The van der Waals surface area contributed by atoms with Gasteiger partial charge < -0.3 is 10.8 Å². The molecule has 112 valence electrons. The van der Waals surface area contributed by atoms with Gasteiger partial charge in [-0.3, -0.25) is 0 Å². The maximum absolute atomic E-state index is 13.2. The van der Waals surface area contributed by atoms with Crippen molar-refractivity contribution < 1.29 is 17.9 Å². The molecule has 7 heteroatoms. The third-order valence-electron chi connectivity index (χ3n) is 3.58. The molecule has 1 aromatic rings. The fraction of sp³-hybridized carbons (Fsp3) is 0.538. The number of nitrogens with two attached hydrogens (primary N) is 1. The Morgan fingerprint density at radius 2 is 1.90 bits per heavy atom. The Morgan fingerprint density at radius 1 is 1.25 bits per heavy atom. The average Bonchev–Trinajstić information content (AvgIpc) is 2.37. The zero-order valence-electron chi connectivity index (χ0n) is 11.0. The number of nitrogen functional groups attached to an aromatic ring is 1. The van der Waals surface area contributed by atoms with E-state index in [9.17, 15) is 17.9 Å². The van der Waals surface area contributed by atoms with Crippen LogP contribution in [0, 0.1) is 11.7 Å². The minimum atomic E-state index is -3.75. The maximum atomic E-state index is 13.2. The highest BCUT2D eigenvalue weighted by Gasteiger charge is 2.22. The Balaban J connectivity index is 2.00. The highest BCUT2D eigenvalue weighted by molar-refractivity contribution is 7.89. The second-order valence-corrected chi connectivity index (χ2v) is 7.01. The second-order valence-electron chi connectivity index (χ2n) is 5.25. The summed E-state index contributed by atoms with van der Waals surface area (Å²) in [6, 6.07) is 3.25. The Labute approximate surface area is 118 Å². The molecule has 1 aromatic carbocycles. The molecule has 2 rings (SSSR count). The number of benzene rings is 1. The first kappa shape index (κ1) is 15.2. The molecule has 1 aliphatic rings. The largest absolute Gasteiger partial charge is 0.399 e. The van der Waals surface area contributed by atoms with Crippen LogP contribution in [0.25, 0.3) is 0 Å². The van der Waals surface area contributed by atoms with Crippen LogP contribution < -0.4 is 10.5 Å². The fourth-order valence-corrected chi connectivity index (χ4v) is 3.58. The van der Waals surface area contributed by atoms with Gasteiger partial charge in [0.1, 0.15) is 5.82 Å². The van der Waals surface area contributed by atoms with E-state index in [-0.39, 0.29) is 22.6 Å². The molecule has 0 radical (unpaired) electrons. The lowest BCUT2D eigenvalue weighted by Gasteiger charge is -2.25. The third-order valence-corrected chi connectivity index (χ3v) is 4.99. The van der Waals surface area contributed by atoms with Crippen LogP contribution in [0.1, 0.15) is 25.7 Å². The molecule has 0 aromatic heterocycles. The molecular formula is C13H19FN2O3S. The fourth-order valence-electron chi connectivity index (χ4n) is 2.40. The van der Waals surface area contributed by atoms with Crippen molar-refractivity contribution in [2.75, 3.05) is 12.3 Å². The summed E-state index contributed by atoms with van der Waals surface area (Å²) in [5, 5.41) is 9.40. The van der Waals surface area contributed by atoms with Gasteiger partial charge in [0, 0.05) is 12.2 Å². The number of rotatable bonds is 4. The van der Waals surface area contributed by atoms with Gasteiger partial charge in [-0.25, -0.2) is 17.5 Å². The van der Waals surface area contributed by atoms with Gasteiger partial charge in [-0.15, -0.1) is 0 Å². The van der Waals surface area contributed by atoms with Gasteiger partial charge in [0.05, 0.1) is 11.0 Å². The average molecular weight is 302 g/mol. The normalized spacial score (nSPS) is 23.7. The standard InChI is InChI=1S/C13H19FN2O3S/c14-10-5-11(15)7-13(6-10)20(18,19)16-8-9-1-3-12(17)4-2-9/h5-7,9,12,16-17H,1-4,8,15H2. The summed E-state index contributed by atoms with van der Waals surface area (Å²) in [5.41, 5.74) is 5.53. The first-order valence-corrected chi connectivity index (χ1v) is 8.09. The van der Waals surface area contributed by atoms with Crippen molar-refractivity contribution in [2.24, 2.45) is 5.92 Å². The van der Waals surface area contributed by atoms with Gasteiger partial charge in [0.2, 0.25) is 10.0 Å². The van der Waals surface area contributed by atoms with Gasteiger partial charge in [0.25, 0.3) is 0 Å². The van der Waals surface area contributed by atoms with Gasteiger partial charge in [0.15, 0.2) is 0 Å². The predicted molar refractivity (Wildman–Crippen MR) is 74.0 cm³/mol. The number of hydrogen-bond acceptors (Lipinski definition) is 4. The van der Waals surface area contributed by atoms with Crippen LogP contribution in [-0.4, -0.2) is 26.2 Å². The second kappa shape index (κ2) is 6.07. The lowest BCUT2D eigenvalue weighted by molar-refractivity contribution is 0.109. The van der Waals surface area contributed by atoms with E-state index >= 15 is 0 Å². The highest BCUT2D eigenvalue weighted by atomic mass is 32.2. The zero-order chi connectivity index (χ0) is 14.8. The number of sulfonamides is 1. The van der Waals surface area contributed by atoms with Crippen molar-refractivity contribution in [1.82, 2.24) is 4.72 Å². The molecule has 5 nitrogen and oxygen atoms in total. The zero-order valence-corrected chi connectivity index (χ0v) is 11.9. The van der Waals surface area contributed by atoms with Gasteiger partial charge in [-0.1, -0.05) is 0 Å². The Morgan fingerprint density at radius 3 is 2.50 bits per heavy atom. The molecule has 1 fully saturated rings. The van der Waals surface area contributed by atoms with E-state index in [4.69, 9.17) is 5.73 Å². The van der Waals surface area contributed by atoms with Crippen molar-refractivity contribution in [1.29, 1.82) is 0 Å². The molecule has 0 amide bonds. The molecule has 0 bridgehead atoms. The lowest BCUT2D eigenvalue weighted by atomic mass is 9.88. The summed E-state index contributed by atoms with van der Waals surface area (Å²) in [4.78, 5) is -0.161. The summed E-state index contributed by atoms with van der Waals surface area (Å²) in [5.74, 6) is -0.467. The molecule has 0 heterocycles. The maximum Gasteiger partial charge on any atom is 0.240 e. The molecule has 1 saturated carbocycles. The van der Waals surface area contributed by atoms with Crippen LogP contribution in [0.3, 0.4) is 0 Å². The van der Waals surface area contributed by atoms with Crippen LogP contribution >= 0.6 is 0 Å². The highest BCUT2D eigenvalue weighted by Crippen LogP contribution is 2.24. The van der Waals surface area contributed by atoms with Crippen LogP contribution in [0.5, 0.6) is 0 Å². The summed E-state index contributed by atoms with van der Waals surface area (Å²) in [7, 11) is -3.75. The van der Waals surface area contributed by atoms with Crippen LogP contribution in [-0.2, 0) is 10.0 Å². The van der Waals surface area contributed by atoms with E-state index < -0.39 is 15.8 Å². The quantitative estimate of drug-likeness (QED) is 0.730. The molecule has 20 heavy (non-hydrogen) atoms. The van der Waals surface area contributed by atoms with Crippen molar-refractivity contribution >= 4 is 15.7 Å². The van der Waals surface area contributed by atoms with E-state index in [2.05, 4.69) is 4.72 Å². The number of nitrogens with one attached hydrogen (secondary N) is 1. The van der Waals surface area contributed by atoms with Gasteiger partial charge >= 0.3 is 0 Å². The summed E-state index contributed by atoms with van der Waals surface area (Å²) >= 11 is 0. The van der Waals surface area contributed by atoms with Crippen LogP contribution in [0.2, 0.25) is 0 Å². The Hall–Kier alpha value is -1.18. The number of anilines is 1. The van der Waals surface area contributed by atoms with Crippen LogP contribution in [0.4, 0.5) is 10.1 Å². The third kappa shape index (κ3) is 3.91. The van der Waals surface area contributed by atoms with E-state index in [0.29, 0.717) is 19.4 Å².